The Labute approximate surface area is 116 Å². The van der Waals surface area contributed by atoms with Crippen molar-refractivity contribution in [3.63, 3.8) is 0 Å². The van der Waals surface area contributed by atoms with Gasteiger partial charge in [-0.25, -0.2) is 0 Å². The molecule has 0 amide bonds. The molecule has 19 heavy (non-hydrogen) atoms. The van der Waals surface area contributed by atoms with E-state index >= 15 is 0 Å². The molecule has 4 nitrogen and oxygen atoms in total. The lowest BCUT2D eigenvalue weighted by molar-refractivity contribution is -0.153. The SMILES string of the molecule is CCCCCCCC(C)OC(=O)CCC(=O)OCC. The molecule has 0 bridgehead atoms. The number of esters is 2. The van der Waals surface area contributed by atoms with Gasteiger partial charge in [0.2, 0.25) is 0 Å². The summed E-state index contributed by atoms with van der Waals surface area (Å²) >= 11 is 0. The Morgan fingerprint density at radius 2 is 1.58 bits per heavy atom. The van der Waals surface area contributed by atoms with E-state index in [1.165, 1.54) is 25.7 Å². The first kappa shape index (κ1) is 17.9. The summed E-state index contributed by atoms with van der Waals surface area (Å²) in [7, 11) is 0. The quantitative estimate of drug-likeness (QED) is 0.426. The standard InChI is InChI=1S/C15H28O4/c1-4-6-7-8-9-10-13(3)19-15(17)12-11-14(16)18-5-2/h13H,4-12H2,1-3H3. The molecule has 0 rings (SSSR count). The van der Waals surface area contributed by atoms with Gasteiger partial charge in [-0.1, -0.05) is 32.6 Å². The summed E-state index contributed by atoms with van der Waals surface area (Å²) in [5, 5.41) is 0. The fraction of sp³-hybridized carbons (Fsp3) is 0.867. The summed E-state index contributed by atoms with van der Waals surface area (Å²) in [4.78, 5) is 22.5. The molecule has 0 fully saturated rings. The fourth-order valence-corrected chi connectivity index (χ4v) is 1.81. The van der Waals surface area contributed by atoms with Crippen molar-refractivity contribution in [3.05, 3.63) is 0 Å². The van der Waals surface area contributed by atoms with Crippen LogP contribution >= 0.6 is 0 Å². The normalized spacial score (nSPS) is 11.9. The predicted molar refractivity (Wildman–Crippen MR) is 74.8 cm³/mol. The van der Waals surface area contributed by atoms with Crippen LogP contribution in [0.4, 0.5) is 0 Å². The van der Waals surface area contributed by atoms with Gasteiger partial charge < -0.3 is 9.47 Å². The van der Waals surface area contributed by atoms with E-state index in [1.54, 1.807) is 6.92 Å². The molecule has 0 aliphatic rings. The molecule has 0 aromatic rings. The van der Waals surface area contributed by atoms with Crippen LogP contribution in [0.1, 0.15) is 72.1 Å². The molecule has 0 saturated carbocycles. The Hall–Kier alpha value is -1.06. The molecule has 4 heteroatoms. The molecule has 1 unspecified atom stereocenters. The van der Waals surface area contributed by atoms with Crippen LogP contribution in [0, 0.1) is 0 Å². The molecule has 0 N–H and O–H groups in total. The highest BCUT2D eigenvalue weighted by Crippen LogP contribution is 2.10. The van der Waals surface area contributed by atoms with Gasteiger partial charge in [0.05, 0.1) is 25.6 Å². The number of carbonyl (C=O) groups excluding carboxylic acids is 2. The summed E-state index contributed by atoms with van der Waals surface area (Å²) in [6.45, 7) is 6.19. The van der Waals surface area contributed by atoms with Gasteiger partial charge in [-0.05, 0) is 26.7 Å². The van der Waals surface area contributed by atoms with Gasteiger partial charge >= 0.3 is 11.9 Å². The summed E-state index contributed by atoms with van der Waals surface area (Å²) in [5.74, 6) is -0.652. The number of hydrogen-bond acceptors (Lipinski definition) is 4. The van der Waals surface area contributed by atoms with Gasteiger partial charge in [0.15, 0.2) is 0 Å². The van der Waals surface area contributed by atoms with Gasteiger partial charge in [0, 0.05) is 0 Å². The second-order valence-electron chi connectivity index (χ2n) is 4.81. The smallest absolute Gasteiger partial charge is 0.306 e. The van der Waals surface area contributed by atoms with Crippen LogP contribution in [0.2, 0.25) is 0 Å². The van der Waals surface area contributed by atoms with Gasteiger partial charge in [-0.3, -0.25) is 9.59 Å². The third-order valence-corrected chi connectivity index (χ3v) is 2.89. The molecule has 0 aliphatic carbocycles. The highest BCUT2D eigenvalue weighted by Gasteiger charge is 2.12. The van der Waals surface area contributed by atoms with E-state index in [0.717, 1.165) is 12.8 Å². The second kappa shape index (κ2) is 12.0. The highest BCUT2D eigenvalue weighted by atomic mass is 16.5. The molecule has 0 saturated heterocycles. The summed E-state index contributed by atoms with van der Waals surface area (Å²) in [6, 6.07) is 0. The zero-order valence-corrected chi connectivity index (χ0v) is 12.6. The molecule has 0 heterocycles. The molecule has 0 aromatic heterocycles. The lowest BCUT2D eigenvalue weighted by atomic mass is 10.1. The maximum Gasteiger partial charge on any atom is 0.306 e. The van der Waals surface area contributed by atoms with E-state index in [0.29, 0.717) is 6.61 Å². The summed E-state index contributed by atoms with van der Waals surface area (Å²) < 4.78 is 9.99. The molecule has 112 valence electrons. The number of ether oxygens (including phenoxy) is 2. The van der Waals surface area contributed by atoms with Crippen molar-refractivity contribution in [1.82, 2.24) is 0 Å². The lowest BCUT2D eigenvalue weighted by Crippen LogP contribution is -2.16. The minimum atomic E-state index is -0.341. The van der Waals surface area contributed by atoms with Crippen molar-refractivity contribution >= 4 is 11.9 Å². The Bertz CT molecular complexity index is 251. The van der Waals surface area contributed by atoms with E-state index < -0.39 is 0 Å². The largest absolute Gasteiger partial charge is 0.466 e. The number of rotatable bonds is 11. The average molecular weight is 272 g/mol. The first-order valence-corrected chi connectivity index (χ1v) is 7.45. The van der Waals surface area contributed by atoms with Crippen LogP contribution in [-0.2, 0) is 19.1 Å². The fourth-order valence-electron chi connectivity index (χ4n) is 1.81. The van der Waals surface area contributed by atoms with Crippen molar-refractivity contribution in [3.8, 4) is 0 Å². The maximum atomic E-state index is 11.5. The van der Waals surface area contributed by atoms with Crippen LogP contribution in [0.15, 0.2) is 0 Å². The van der Waals surface area contributed by atoms with Crippen LogP contribution in [0.25, 0.3) is 0 Å². The number of hydrogen-bond donors (Lipinski definition) is 0. The average Bonchev–Trinajstić information content (AvgIpc) is 2.36. The predicted octanol–water partition coefficient (Wildman–Crippen LogP) is 3.62. The molecular weight excluding hydrogens is 244 g/mol. The minimum absolute atomic E-state index is 0.0590. The zero-order chi connectivity index (χ0) is 14.5. The number of carbonyl (C=O) groups is 2. The van der Waals surface area contributed by atoms with Gasteiger partial charge in [-0.15, -0.1) is 0 Å². The Balaban J connectivity index is 3.55. The van der Waals surface area contributed by atoms with Crippen molar-refractivity contribution in [2.24, 2.45) is 0 Å². The first-order chi connectivity index (χ1) is 9.10. The van der Waals surface area contributed by atoms with Gasteiger partial charge in [0.1, 0.15) is 0 Å². The van der Waals surface area contributed by atoms with Crippen LogP contribution in [0.3, 0.4) is 0 Å². The van der Waals surface area contributed by atoms with E-state index in [2.05, 4.69) is 6.92 Å². The molecule has 0 aliphatic heterocycles. The van der Waals surface area contributed by atoms with Gasteiger partial charge in [-0.2, -0.15) is 0 Å². The van der Waals surface area contributed by atoms with Crippen molar-refractivity contribution < 1.29 is 19.1 Å². The molecule has 1 atom stereocenters. The number of unbranched alkanes of at least 4 members (excludes halogenated alkanes) is 4. The van der Waals surface area contributed by atoms with Crippen molar-refractivity contribution in [2.75, 3.05) is 6.61 Å². The Kier molecular flexibility index (Phi) is 11.3. The van der Waals surface area contributed by atoms with Gasteiger partial charge in [0.25, 0.3) is 0 Å². The minimum Gasteiger partial charge on any atom is -0.466 e. The van der Waals surface area contributed by atoms with Crippen LogP contribution in [-0.4, -0.2) is 24.6 Å². The van der Waals surface area contributed by atoms with E-state index in [9.17, 15) is 9.59 Å². The Morgan fingerprint density at radius 3 is 2.21 bits per heavy atom. The molecule has 0 radical (unpaired) electrons. The molecule has 0 spiro atoms. The van der Waals surface area contributed by atoms with E-state index in [-0.39, 0.29) is 30.9 Å². The summed E-state index contributed by atoms with van der Waals surface area (Å²) in [5.41, 5.74) is 0. The Morgan fingerprint density at radius 1 is 0.947 bits per heavy atom. The molecular formula is C15H28O4. The van der Waals surface area contributed by atoms with Crippen LogP contribution in [0.5, 0.6) is 0 Å². The first-order valence-electron chi connectivity index (χ1n) is 7.45. The van der Waals surface area contributed by atoms with Crippen LogP contribution < -0.4 is 0 Å². The summed E-state index contributed by atoms with van der Waals surface area (Å²) in [6.07, 6.45) is 7.09. The third-order valence-electron chi connectivity index (χ3n) is 2.89. The third kappa shape index (κ3) is 11.7. The zero-order valence-electron chi connectivity index (χ0n) is 12.6. The van der Waals surface area contributed by atoms with Crippen molar-refractivity contribution in [2.45, 2.75) is 78.2 Å². The molecule has 0 aromatic carbocycles. The lowest BCUT2D eigenvalue weighted by Gasteiger charge is -2.12. The highest BCUT2D eigenvalue weighted by molar-refractivity contribution is 5.77. The maximum absolute atomic E-state index is 11.5. The topological polar surface area (TPSA) is 52.6 Å². The monoisotopic (exact) mass is 272 g/mol. The van der Waals surface area contributed by atoms with Crippen molar-refractivity contribution in [1.29, 1.82) is 0 Å². The second-order valence-corrected chi connectivity index (χ2v) is 4.81. The van der Waals surface area contributed by atoms with E-state index in [1.807, 2.05) is 6.92 Å². The van der Waals surface area contributed by atoms with E-state index in [4.69, 9.17) is 9.47 Å².